The van der Waals surface area contributed by atoms with E-state index in [4.69, 9.17) is 0 Å². The maximum absolute atomic E-state index is 14.5. The van der Waals surface area contributed by atoms with Gasteiger partial charge < -0.3 is 0 Å². The van der Waals surface area contributed by atoms with E-state index >= 15 is 0 Å². The number of carbonyl (C=O) groups excluding carboxylic acids is 4. The average Bonchev–Trinajstić information content (AvgIpc) is 2.60. The fourth-order valence-corrected chi connectivity index (χ4v) is 3.29. The second-order valence-electron chi connectivity index (χ2n) is 5.84. The molecular formula is C16H6F4N2O4. The lowest BCUT2D eigenvalue weighted by molar-refractivity contribution is 0.0617. The molecule has 26 heavy (non-hydrogen) atoms. The van der Waals surface area contributed by atoms with Crippen LogP contribution < -0.4 is 0 Å². The third kappa shape index (κ3) is 1.52. The highest BCUT2D eigenvalue weighted by atomic mass is 19.2. The summed E-state index contributed by atoms with van der Waals surface area (Å²) >= 11 is 0. The molecule has 0 aromatic heterocycles. The third-order valence-electron chi connectivity index (χ3n) is 4.59. The van der Waals surface area contributed by atoms with Gasteiger partial charge in [0.15, 0.2) is 23.3 Å². The Hall–Kier alpha value is -3.30. The monoisotopic (exact) mass is 366 g/mol. The quantitative estimate of drug-likeness (QED) is 0.527. The number of rotatable bonds is 0. The van der Waals surface area contributed by atoms with Crippen LogP contribution in [0.1, 0.15) is 41.4 Å². The van der Waals surface area contributed by atoms with Gasteiger partial charge in [0.1, 0.15) is 0 Å². The van der Waals surface area contributed by atoms with Crippen LogP contribution in [0.15, 0.2) is 0 Å². The van der Waals surface area contributed by atoms with E-state index in [9.17, 15) is 36.7 Å². The van der Waals surface area contributed by atoms with E-state index in [2.05, 4.69) is 0 Å². The molecule has 0 atom stereocenters. The summed E-state index contributed by atoms with van der Waals surface area (Å²) in [5.41, 5.74) is -4.15. The number of halogens is 4. The van der Waals surface area contributed by atoms with Gasteiger partial charge in [0, 0.05) is 24.9 Å². The summed E-state index contributed by atoms with van der Waals surface area (Å²) in [5, 5.41) is -1.56. The Bertz CT molecular complexity index is 970. The Kier molecular flexibility index (Phi) is 2.90. The first-order valence-electron chi connectivity index (χ1n) is 7.11. The van der Waals surface area contributed by atoms with Gasteiger partial charge in [-0.2, -0.15) is 0 Å². The van der Waals surface area contributed by atoms with Crippen molar-refractivity contribution in [2.75, 3.05) is 14.1 Å². The van der Waals surface area contributed by atoms with Crippen molar-refractivity contribution in [1.29, 1.82) is 0 Å². The van der Waals surface area contributed by atoms with Crippen molar-refractivity contribution >= 4 is 34.4 Å². The number of hydrogen-bond acceptors (Lipinski definition) is 4. The number of carbonyl (C=O) groups is 4. The number of hydrogen-bond donors (Lipinski definition) is 0. The van der Waals surface area contributed by atoms with Crippen LogP contribution in [-0.2, 0) is 0 Å². The molecule has 6 nitrogen and oxygen atoms in total. The summed E-state index contributed by atoms with van der Waals surface area (Å²) in [7, 11) is 1.76. The molecule has 4 amide bonds. The molecule has 0 N–H and O–H groups in total. The van der Waals surface area contributed by atoms with Crippen LogP contribution in [0.5, 0.6) is 0 Å². The summed E-state index contributed by atoms with van der Waals surface area (Å²) in [6.07, 6.45) is 0. The molecule has 4 rings (SSSR count). The van der Waals surface area contributed by atoms with E-state index < -0.39 is 79.9 Å². The molecule has 0 aliphatic carbocycles. The lowest BCUT2D eigenvalue weighted by atomic mass is 9.84. The van der Waals surface area contributed by atoms with E-state index in [0.717, 1.165) is 14.1 Å². The zero-order valence-electron chi connectivity index (χ0n) is 13.0. The maximum Gasteiger partial charge on any atom is 0.264 e. The lowest BCUT2D eigenvalue weighted by Crippen LogP contribution is -2.43. The highest BCUT2D eigenvalue weighted by Gasteiger charge is 2.45. The van der Waals surface area contributed by atoms with Crippen LogP contribution in [0.3, 0.4) is 0 Å². The van der Waals surface area contributed by atoms with E-state index in [0.29, 0.717) is 9.80 Å². The molecule has 0 saturated carbocycles. The summed E-state index contributed by atoms with van der Waals surface area (Å²) < 4.78 is 58.1. The minimum Gasteiger partial charge on any atom is -0.277 e. The standard InChI is InChI=1S/C16H6F4N2O4/c1-21-13(23)5-3-4-7(11(19)9(5)17)15(25)22(2)16(26)8(4)12(20)10(18)6(3)14(21)24/h1-2H3. The first-order valence-corrected chi connectivity index (χ1v) is 7.11. The first kappa shape index (κ1) is 16.2. The predicted octanol–water partition coefficient (Wildman–Crippen LogP) is 1.85. The Balaban J connectivity index is 2.42. The third-order valence-corrected chi connectivity index (χ3v) is 4.59. The van der Waals surface area contributed by atoms with Gasteiger partial charge in [0.25, 0.3) is 23.6 Å². The molecule has 0 spiro atoms. The summed E-state index contributed by atoms with van der Waals surface area (Å²) in [6.45, 7) is 0. The molecule has 0 unspecified atom stereocenters. The molecule has 0 bridgehead atoms. The molecule has 2 aromatic rings. The van der Waals surface area contributed by atoms with Gasteiger partial charge in [-0.05, 0) is 0 Å². The molecule has 2 aliphatic heterocycles. The Labute approximate surface area is 141 Å². The van der Waals surface area contributed by atoms with E-state index in [1.54, 1.807) is 0 Å². The topological polar surface area (TPSA) is 74.8 Å². The van der Waals surface area contributed by atoms with Crippen LogP contribution >= 0.6 is 0 Å². The van der Waals surface area contributed by atoms with E-state index in [-0.39, 0.29) is 0 Å². The van der Waals surface area contributed by atoms with Gasteiger partial charge in [-0.3, -0.25) is 29.0 Å². The van der Waals surface area contributed by atoms with Gasteiger partial charge in [0.05, 0.1) is 22.3 Å². The van der Waals surface area contributed by atoms with Gasteiger partial charge >= 0.3 is 0 Å². The Morgan fingerprint density at radius 1 is 0.500 bits per heavy atom. The zero-order chi connectivity index (χ0) is 19.2. The summed E-state index contributed by atoms with van der Waals surface area (Å²) in [4.78, 5) is 49.6. The maximum atomic E-state index is 14.5. The zero-order valence-corrected chi connectivity index (χ0v) is 13.0. The minimum absolute atomic E-state index is 0.295. The average molecular weight is 366 g/mol. The fourth-order valence-electron chi connectivity index (χ4n) is 3.29. The second kappa shape index (κ2) is 4.65. The molecule has 2 aliphatic rings. The smallest absolute Gasteiger partial charge is 0.264 e. The van der Waals surface area contributed by atoms with Crippen LogP contribution in [0, 0.1) is 23.3 Å². The summed E-state index contributed by atoms with van der Waals surface area (Å²) in [5.74, 6) is -12.4. The van der Waals surface area contributed by atoms with Crippen molar-refractivity contribution in [1.82, 2.24) is 9.80 Å². The molecule has 10 heteroatoms. The molecule has 2 aromatic carbocycles. The number of benzene rings is 2. The summed E-state index contributed by atoms with van der Waals surface area (Å²) in [6, 6.07) is 0. The van der Waals surface area contributed by atoms with Crippen LogP contribution in [0.4, 0.5) is 17.6 Å². The molecule has 0 fully saturated rings. The highest BCUT2D eigenvalue weighted by molar-refractivity contribution is 6.33. The Morgan fingerprint density at radius 3 is 0.885 bits per heavy atom. The van der Waals surface area contributed by atoms with Crippen molar-refractivity contribution < 1.29 is 36.7 Å². The molecule has 0 saturated heterocycles. The van der Waals surface area contributed by atoms with Crippen molar-refractivity contribution in [3.05, 3.63) is 45.5 Å². The number of imide groups is 2. The molecule has 2 heterocycles. The number of nitrogens with zero attached hydrogens (tertiary/aromatic N) is 2. The van der Waals surface area contributed by atoms with Crippen LogP contribution in [0.2, 0.25) is 0 Å². The van der Waals surface area contributed by atoms with Crippen molar-refractivity contribution in [3.63, 3.8) is 0 Å². The Morgan fingerprint density at radius 2 is 0.692 bits per heavy atom. The van der Waals surface area contributed by atoms with Gasteiger partial charge in [0.2, 0.25) is 0 Å². The largest absolute Gasteiger partial charge is 0.277 e. The predicted molar refractivity (Wildman–Crippen MR) is 76.6 cm³/mol. The first-order chi connectivity index (χ1) is 12.1. The number of amides is 4. The van der Waals surface area contributed by atoms with Crippen LogP contribution in [-0.4, -0.2) is 47.5 Å². The van der Waals surface area contributed by atoms with Gasteiger partial charge in [-0.1, -0.05) is 0 Å². The van der Waals surface area contributed by atoms with Gasteiger partial charge in [-0.25, -0.2) is 17.6 Å². The minimum atomic E-state index is -1.79. The molecule has 0 radical (unpaired) electrons. The van der Waals surface area contributed by atoms with Crippen molar-refractivity contribution in [3.8, 4) is 0 Å². The molecule has 132 valence electrons. The lowest BCUT2D eigenvalue weighted by Gasteiger charge is -2.30. The highest BCUT2D eigenvalue weighted by Crippen LogP contribution is 2.42. The second-order valence-corrected chi connectivity index (χ2v) is 5.84. The van der Waals surface area contributed by atoms with Gasteiger partial charge in [-0.15, -0.1) is 0 Å². The van der Waals surface area contributed by atoms with Crippen molar-refractivity contribution in [2.24, 2.45) is 0 Å². The molecular weight excluding hydrogens is 360 g/mol. The van der Waals surface area contributed by atoms with Crippen LogP contribution in [0.25, 0.3) is 10.8 Å². The van der Waals surface area contributed by atoms with Crippen molar-refractivity contribution in [2.45, 2.75) is 0 Å². The normalized spacial score (nSPS) is 16.2. The SMILES string of the molecule is CN1C(=O)c2c(F)c(F)c3c4c(c(F)c(F)c(c24)C1=O)C(=O)N(C)C3=O. The van der Waals surface area contributed by atoms with E-state index in [1.165, 1.54) is 0 Å². The van der Waals surface area contributed by atoms with E-state index in [1.807, 2.05) is 0 Å². The fraction of sp³-hybridized carbons (Fsp3) is 0.125.